The lowest BCUT2D eigenvalue weighted by atomic mass is 9.99. The molecule has 2 N–H and O–H groups in total. The first kappa shape index (κ1) is 21.5. The molecule has 1 aromatic carbocycles. The summed E-state index contributed by atoms with van der Waals surface area (Å²) in [5.74, 6) is -0.510. The SMILES string of the molecule is CC(C)C(NC(=O)c1ccccc1)C(=O)N1CCC(NC(=O)c2cccnc2)CC1. The third kappa shape index (κ3) is 5.43. The van der Waals surface area contributed by atoms with Gasteiger partial charge in [-0.1, -0.05) is 32.0 Å². The van der Waals surface area contributed by atoms with Crippen molar-refractivity contribution in [3.05, 3.63) is 66.0 Å². The lowest BCUT2D eigenvalue weighted by molar-refractivity contribution is -0.135. The van der Waals surface area contributed by atoms with Crippen LogP contribution in [0, 0.1) is 5.92 Å². The maximum atomic E-state index is 13.1. The van der Waals surface area contributed by atoms with E-state index in [0.717, 1.165) is 0 Å². The fourth-order valence-corrected chi connectivity index (χ4v) is 3.53. The first-order valence-electron chi connectivity index (χ1n) is 10.3. The summed E-state index contributed by atoms with van der Waals surface area (Å²) in [6, 6.07) is 11.8. The standard InChI is InChI=1S/C23H28N4O3/c1-16(2)20(26-21(28)17-7-4-3-5-8-17)23(30)27-13-10-19(11-14-27)25-22(29)18-9-6-12-24-15-18/h3-9,12,15-16,19-20H,10-11,13-14H2,1-2H3,(H,25,29)(H,26,28). The smallest absolute Gasteiger partial charge is 0.253 e. The van der Waals surface area contributed by atoms with Gasteiger partial charge in [-0.05, 0) is 43.0 Å². The molecule has 158 valence electrons. The Morgan fingerprint density at radius 1 is 0.967 bits per heavy atom. The molecule has 30 heavy (non-hydrogen) atoms. The largest absolute Gasteiger partial charge is 0.349 e. The topological polar surface area (TPSA) is 91.4 Å². The van der Waals surface area contributed by atoms with Crippen LogP contribution in [0.5, 0.6) is 0 Å². The van der Waals surface area contributed by atoms with Gasteiger partial charge in [-0.3, -0.25) is 19.4 Å². The number of aromatic nitrogens is 1. The predicted octanol–water partition coefficient (Wildman–Crippen LogP) is 2.26. The zero-order valence-electron chi connectivity index (χ0n) is 17.4. The molecule has 0 radical (unpaired) electrons. The molecule has 0 saturated carbocycles. The summed E-state index contributed by atoms with van der Waals surface area (Å²) >= 11 is 0. The van der Waals surface area contributed by atoms with Crippen molar-refractivity contribution in [3.63, 3.8) is 0 Å². The predicted molar refractivity (Wildman–Crippen MR) is 114 cm³/mol. The zero-order valence-corrected chi connectivity index (χ0v) is 17.4. The van der Waals surface area contributed by atoms with Crippen LogP contribution >= 0.6 is 0 Å². The van der Waals surface area contributed by atoms with Crippen molar-refractivity contribution in [1.82, 2.24) is 20.5 Å². The third-order valence-electron chi connectivity index (χ3n) is 5.32. The number of amides is 3. The molecule has 7 nitrogen and oxygen atoms in total. The second-order valence-electron chi connectivity index (χ2n) is 7.88. The van der Waals surface area contributed by atoms with E-state index < -0.39 is 6.04 Å². The Bertz CT molecular complexity index is 863. The average Bonchev–Trinajstić information content (AvgIpc) is 2.78. The van der Waals surface area contributed by atoms with Crippen LogP contribution < -0.4 is 10.6 Å². The number of carbonyl (C=O) groups is 3. The molecule has 1 aromatic heterocycles. The third-order valence-corrected chi connectivity index (χ3v) is 5.32. The highest BCUT2D eigenvalue weighted by molar-refractivity contribution is 5.97. The lowest BCUT2D eigenvalue weighted by Gasteiger charge is -2.35. The number of nitrogens with one attached hydrogen (secondary N) is 2. The highest BCUT2D eigenvalue weighted by atomic mass is 16.2. The number of likely N-dealkylation sites (tertiary alicyclic amines) is 1. The summed E-state index contributed by atoms with van der Waals surface area (Å²) in [5, 5.41) is 5.90. The fraction of sp³-hybridized carbons (Fsp3) is 0.391. The highest BCUT2D eigenvalue weighted by Gasteiger charge is 2.31. The Hall–Kier alpha value is -3.22. The lowest BCUT2D eigenvalue weighted by Crippen LogP contribution is -2.54. The van der Waals surface area contributed by atoms with E-state index in [1.54, 1.807) is 47.5 Å². The van der Waals surface area contributed by atoms with Gasteiger partial charge in [0.05, 0.1) is 5.56 Å². The van der Waals surface area contributed by atoms with Crippen LogP contribution in [0.4, 0.5) is 0 Å². The number of carbonyl (C=O) groups excluding carboxylic acids is 3. The minimum atomic E-state index is -0.584. The van der Waals surface area contributed by atoms with Gasteiger partial charge in [-0.25, -0.2) is 0 Å². The van der Waals surface area contributed by atoms with Gasteiger partial charge in [0.1, 0.15) is 6.04 Å². The van der Waals surface area contributed by atoms with Gasteiger partial charge >= 0.3 is 0 Å². The van der Waals surface area contributed by atoms with E-state index in [-0.39, 0.29) is 29.7 Å². The van der Waals surface area contributed by atoms with Gasteiger partial charge in [0.15, 0.2) is 0 Å². The molecule has 7 heteroatoms. The normalized spacial score (nSPS) is 15.5. The summed E-state index contributed by atoms with van der Waals surface area (Å²) in [6.45, 7) is 4.94. The van der Waals surface area contributed by atoms with Gasteiger partial charge in [0.2, 0.25) is 5.91 Å². The van der Waals surface area contributed by atoms with Gasteiger partial charge in [-0.2, -0.15) is 0 Å². The number of rotatable bonds is 6. The molecule has 1 aliphatic rings. The van der Waals surface area contributed by atoms with E-state index in [4.69, 9.17) is 0 Å². The number of pyridine rings is 1. The number of nitrogens with zero attached hydrogens (tertiary/aromatic N) is 2. The molecule has 1 atom stereocenters. The van der Waals surface area contributed by atoms with E-state index in [2.05, 4.69) is 15.6 Å². The molecule has 1 unspecified atom stereocenters. The van der Waals surface area contributed by atoms with Crippen molar-refractivity contribution in [2.75, 3.05) is 13.1 Å². The van der Waals surface area contributed by atoms with Gasteiger partial charge in [-0.15, -0.1) is 0 Å². The summed E-state index contributed by atoms with van der Waals surface area (Å²) in [5.41, 5.74) is 1.06. The number of hydrogen-bond acceptors (Lipinski definition) is 4. The number of piperidine rings is 1. The van der Waals surface area contributed by atoms with Crippen LogP contribution in [0.2, 0.25) is 0 Å². The maximum absolute atomic E-state index is 13.1. The van der Waals surface area contributed by atoms with Gasteiger partial charge < -0.3 is 15.5 Å². The van der Waals surface area contributed by atoms with E-state index in [0.29, 0.717) is 37.1 Å². The Kier molecular flexibility index (Phi) is 7.17. The van der Waals surface area contributed by atoms with E-state index in [1.807, 2.05) is 19.9 Å². The number of benzene rings is 1. The first-order chi connectivity index (χ1) is 14.5. The minimum absolute atomic E-state index is 0.0122. The molecule has 2 heterocycles. The Morgan fingerprint density at radius 3 is 2.23 bits per heavy atom. The molecule has 2 aromatic rings. The Labute approximate surface area is 176 Å². The second-order valence-corrected chi connectivity index (χ2v) is 7.88. The molecule has 1 aliphatic heterocycles. The van der Waals surface area contributed by atoms with E-state index >= 15 is 0 Å². The summed E-state index contributed by atoms with van der Waals surface area (Å²) in [7, 11) is 0. The van der Waals surface area contributed by atoms with Gasteiger partial charge in [0.25, 0.3) is 11.8 Å². The monoisotopic (exact) mass is 408 g/mol. The van der Waals surface area contributed by atoms with E-state index in [1.165, 1.54) is 6.20 Å². The Morgan fingerprint density at radius 2 is 1.63 bits per heavy atom. The maximum Gasteiger partial charge on any atom is 0.253 e. The van der Waals surface area contributed by atoms with Crippen LogP contribution in [-0.2, 0) is 4.79 Å². The second kappa shape index (κ2) is 10.0. The quantitative estimate of drug-likeness (QED) is 0.767. The summed E-state index contributed by atoms with van der Waals surface area (Å²) in [6.07, 6.45) is 4.52. The van der Waals surface area contributed by atoms with Crippen molar-refractivity contribution in [3.8, 4) is 0 Å². The molecule has 1 fully saturated rings. The Balaban J connectivity index is 1.54. The highest BCUT2D eigenvalue weighted by Crippen LogP contribution is 2.15. The van der Waals surface area contributed by atoms with Gasteiger partial charge in [0, 0.05) is 37.1 Å². The number of hydrogen-bond donors (Lipinski definition) is 2. The summed E-state index contributed by atoms with van der Waals surface area (Å²) < 4.78 is 0. The fourth-order valence-electron chi connectivity index (χ4n) is 3.53. The molecule has 3 rings (SSSR count). The summed E-state index contributed by atoms with van der Waals surface area (Å²) in [4.78, 5) is 43.6. The molecular formula is C23H28N4O3. The molecule has 3 amide bonds. The molecule has 0 spiro atoms. The molecular weight excluding hydrogens is 380 g/mol. The van der Waals surface area contributed by atoms with E-state index in [9.17, 15) is 14.4 Å². The molecule has 1 saturated heterocycles. The minimum Gasteiger partial charge on any atom is -0.349 e. The van der Waals surface area contributed by atoms with Crippen molar-refractivity contribution in [1.29, 1.82) is 0 Å². The van der Waals surface area contributed by atoms with Crippen LogP contribution in [-0.4, -0.2) is 52.8 Å². The first-order valence-corrected chi connectivity index (χ1v) is 10.3. The van der Waals surface area contributed by atoms with Crippen molar-refractivity contribution >= 4 is 17.7 Å². The van der Waals surface area contributed by atoms with Crippen molar-refractivity contribution in [2.45, 2.75) is 38.8 Å². The average molecular weight is 409 g/mol. The van der Waals surface area contributed by atoms with Crippen LogP contribution in [0.25, 0.3) is 0 Å². The molecule has 0 aliphatic carbocycles. The van der Waals surface area contributed by atoms with Crippen LogP contribution in [0.15, 0.2) is 54.9 Å². The van der Waals surface area contributed by atoms with Crippen LogP contribution in [0.1, 0.15) is 47.4 Å². The molecule has 0 bridgehead atoms. The van der Waals surface area contributed by atoms with Crippen molar-refractivity contribution in [2.24, 2.45) is 5.92 Å². The zero-order chi connectivity index (χ0) is 21.5. The van der Waals surface area contributed by atoms with Crippen molar-refractivity contribution < 1.29 is 14.4 Å². The van der Waals surface area contributed by atoms with Crippen LogP contribution in [0.3, 0.4) is 0 Å².